The number of aryl methyl sites for hydroxylation is 2. The predicted octanol–water partition coefficient (Wildman–Crippen LogP) is 3.87. The Kier molecular flexibility index (Phi) is 6.02. The maximum Gasteiger partial charge on any atom is 0.329 e. The minimum atomic E-state index is -0.261. The van der Waals surface area contributed by atoms with Crippen molar-refractivity contribution < 1.29 is 4.79 Å². The maximum atomic E-state index is 12.9. The highest BCUT2D eigenvalue weighted by Gasteiger charge is 2.16. The van der Waals surface area contributed by atoms with Crippen LogP contribution in [0.15, 0.2) is 65.6 Å². The van der Waals surface area contributed by atoms with Crippen molar-refractivity contribution in [1.82, 2.24) is 24.4 Å². The third kappa shape index (κ3) is 4.30. The number of amides is 1. The lowest BCUT2D eigenvalue weighted by atomic mass is 10.2. The topological polar surface area (TPSA) is 84.7 Å². The van der Waals surface area contributed by atoms with Gasteiger partial charge in [0.25, 0.3) is 0 Å². The molecule has 0 spiro atoms. The fraction of sp³-hybridized carbons (Fsp3) is 0.292. The molecule has 2 aromatic carbocycles. The Morgan fingerprint density at radius 3 is 2.35 bits per heavy atom. The van der Waals surface area contributed by atoms with E-state index in [-0.39, 0.29) is 24.1 Å². The van der Waals surface area contributed by atoms with Gasteiger partial charge >= 0.3 is 5.69 Å². The van der Waals surface area contributed by atoms with E-state index in [1.54, 1.807) is 15.3 Å². The molecule has 0 saturated heterocycles. The van der Waals surface area contributed by atoms with Crippen molar-refractivity contribution in [1.29, 1.82) is 0 Å². The molecule has 7 heteroatoms. The highest BCUT2D eigenvalue weighted by atomic mass is 16.2. The summed E-state index contributed by atoms with van der Waals surface area (Å²) in [4.78, 5) is 33.1. The van der Waals surface area contributed by atoms with Crippen LogP contribution >= 0.6 is 0 Å². The average Bonchev–Trinajstić information content (AvgIpc) is 3.38. The van der Waals surface area contributed by atoms with Gasteiger partial charge in [0.2, 0.25) is 5.91 Å². The van der Waals surface area contributed by atoms with Crippen molar-refractivity contribution in [3.05, 3.63) is 77.1 Å². The van der Waals surface area contributed by atoms with Crippen LogP contribution in [-0.2, 0) is 17.9 Å². The van der Waals surface area contributed by atoms with Gasteiger partial charge in [-0.15, -0.1) is 0 Å². The van der Waals surface area contributed by atoms with Gasteiger partial charge in [0.1, 0.15) is 5.82 Å². The summed E-state index contributed by atoms with van der Waals surface area (Å²) in [5.74, 6) is 0.577. The summed E-state index contributed by atoms with van der Waals surface area (Å²) < 4.78 is 3.47. The minimum absolute atomic E-state index is 0.0672. The highest BCUT2D eigenvalue weighted by molar-refractivity contribution is 5.78. The molecule has 7 nitrogen and oxygen atoms in total. The fourth-order valence-electron chi connectivity index (χ4n) is 3.84. The molecule has 1 atom stereocenters. The van der Waals surface area contributed by atoms with Crippen molar-refractivity contribution in [3.63, 3.8) is 0 Å². The highest BCUT2D eigenvalue weighted by Crippen LogP contribution is 2.19. The summed E-state index contributed by atoms with van der Waals surface area (Å²) in [6.07, 6.45) is 2.87. The molecule has 2 aromatic heterocycles. The first-order valence-electron chi connectivity index (χ1n) is 10.7. The number of para-hydroxylation sites is 2. The Balaban J connectivity index is 1.43. The lowest BCUT2D eigenvalue weighted by Gasteiger charge is -2.12. The Morgan fingerprint density at radius 2 is 1.68 bits per heavy atom. The van der Waals surface area contributed by atoms with E-state index in [0.29, 0.717) is 18.9 Å². The molecular weight excluding hydrogens is 390 g/mol. The Morgan fingerprint density at radius 1 is 1.03 bits per heavy atom. The fourth-order valence-corrected chi connectivity index (χ4v) is 3.84. The summed E-state index contributed by atoms with van der Waals surface area (Å²) in [5.41, 5.74) is 3.66. The van der Waals surface area contributed by atoms with Gasteiger partial charge in [-0.05, 0) is 31.0 Å². The zero-order chi connectivity index (χ0) is 21.8. The van der Waals surface area contributed by atoms with Crippen LogP contribution in [0, 0.1) is 0 Å². The normalized spacial score (nSPS) is 12.2. The van der Waals surface area contributed by atoms with Gasteiger partial charge < -0.3 is 10.3 Å². The van der Waals surface area contributed by atoms with Crippen LogP contribution in [0.3, 0.4) is 0 Å². The lowest BCUT2D eigenvalue weighted by Crippen LogP contribution is -2.30. The molecule has 0 aliphatic carbocycles. The Labute approximate surface area is 180 Å². The number of nitrogens with one attached hydrogen (secondary N) is 2. The third-order valence-corrected chi connectivity index (χ3v) is 5.40. The van der Waals surface area contributed by atoms with Crippen molar-refractivity contribution in [2.75, 3.05) is 0 Å². The summed E-state index contributed by atoms with van der Waals surface area (Å²) in [6, 6.07) is 17.4. The number of hydrogen-bond acceptors (Lipinski definition) is 3. The van der Waals surface area contributed by atoms with E-state index in [1.165, 1.54) is 0 Å². The Bertz CT molecular complexity index is 1240. The number of aromatic amines is 1. The molecule has 0 aliphatic rings. The molecule has 0 aliphatic heterocycles. The molecule has 0 fully saturated rings. The van der Waals surface area contributed by atoms with Crippen molar-refractivity contribution >= 4 is 16.9 Å². The second-order valence-corrected chi connectivity index (χ2v) is 7.66. The molecule has 1 unspecified atom stereocenters. The Hall–Kier alpha value is -3.61. The predicted molar refractivity (Wildman–Crippen MR) is 122 cm³/mol. The third-order valence-electron chi connectivity index (χ3n) is 5.40. The number of rotatable bonds is 8. The quantitative estimate of drug-likeness (QED) is 0.456. The van der Waals surface area contributed by atoms with Gasteiger partial charge in [0.15, 0.2) is 0 Å². The lowest BCUT2D eigenvalue weighted by molar-refractivity contribution is -0.122. The standard InChI is InChI=1S/C24H27N5O2/c1-3-14-28-20-11-7-8-12-21(20)29(24(28)31)15-13-22(30)26-17(2)23-25-16-19(27-23)18-9-5-4-6-10-18/h4-12,16-17H,3,13-15H2,1-2H3,(H,25,27)(H,26,30). The molecular formula is C24H27N5O2. The first-order chi connectivity index (χ1) is 15.1. The van der Waals surface area contributed by atoms with Crippen LogP contribution in [0.2, 0.25) is 0 Å². The van der Waals surface area contributed by atoms with E-state index in [0.717, 1.165) is 28.7 Å². The van der Waals surface area contributed by atoms with Crippen LogP contribution in [0.5, 0.6) is 0 Å². The summed E-state index contributed by atoms with van der Waals surface area (Å²) in [6.45, 7) is 4.94. The smallest absolute Gasteiger partial charge is 0.329 e. The summed E-state index contributed by atoms with van der Waals surface area (Å²) in [7, 11) is 0. The largest absolute Gasteiger partial charge is 0.346 e. The van der Waals surface area contributed by atoms with Crippen LogP contribution < -0.4 is 11.0 Å². The van der Waals surface area contributed by atoms with Crippen LogP contribution in [0.4, 0.5) is 0 Å². The molecule has 2 heterocycles. The van der Waals surface area contributed by atoms with E-state index in [4.69, 9.17) is 0 Å². The minimum Gasteiger partial charge on any atom is -0.346 e. The molecule has 0 bridgehead atoms. The van der Waals surface area contributed by atoms with Crippen LogP contribution in [0.1, 0.15) is 38.6 Å². The van der Waals surface area contributed by atoms with E-state index in [9.17, 15) is 9.59 Å². The van der Waals surface area contributed by atoms with E-state index >= 15 is 0 Å². The monoisotopic (exact) mass is 417 g/mol. The van der Waals surface area contributed by atoms with Crippen LogP contribution in [-0.4, -0.2) is 25.0 Å². The number of imidazole rings is 2. The molecule has 0 saturated carbocycles. The zero-order valence-electron chi connectivity index (χ0n) is 17.8. The molecule has 4 rings (SSSR count). The van der Waals surface area contributed by atoms with E-state index in [2.05, 4.69) is 15.3 Å². The summed E-state index contributed by atoms with van der Waals surface area (Å²) in [5, 5.41) is 2.98. The number of nitrogens with zero attached hydrogens (tertiary/aromatic N) is 3. The van der Waals surface area contributed by atoms with Gasteiger partial charge in [-0.1, -0.05) is 49.4 Å². The molecule has 0 radical (unpaired) electrons. The number of hydrogen-bond donors (Lipinski definition) is 2. The number of H-pyrrole nitrogens is 1. The molecule has 31 heavy (non-hydrogen) atoms. The molecule has 1 amide bonds. The zero-order valence-corrected chi connectivity index (χ0v) is 17.8. The van der Waals surface area contributed by atoms with Crippen molar-refractivity contribution in [2.45, 2.75) is 45.8 Å². The second kappa shape index (κ2) is 9.04. The van der Waals surface area contributed by atoms with Gasteiger partial charge in [0, 0.05) is 19.5 Å². The first kappa shape index (κ1) is 20.7. The average molecular weight is 418 g/mol. The van der Waals surface area contributed by atoms with Gasteiger partial charge in [-0.2, -0.15) is 0 Å². The van der Waals surface area contributed by atoms with E-state index < -0.39 is 0 Å². The second-order valence-electron chi connectivity index (χ2n) is 7.66. The SMILES string of the molecule is CCCn1c(=O)n(CCC(=O)NC(C)c2ncc(-c3ccccc3)[nH]2)c2ccccc21. The first-order valence-corrected chi connectivity index (χ1v) is 10.7. The number of carbonyl (C=O) groups excluding carboxylic acids is 1. The van der Waals surface area contributed by atoms with Crippen molar-refractivity contribution in [3.8, 4) is 11.3 Å². The number of benzene rings is 2. The van der Waals surface area contributed by atoms with Gasteiger partial charge in [-0.25, -0.2) is 9.78 Å². The van der Waals surface area contributed by atoms with Gasteiger partial charge in [0.05, 0.1) is 29.0 Å². The number of carbonyl (C=O) groups is 1. The maximum absolute atomic E-state index is 12.9. The summed E-state index contributed by atoms with van der Waals surface area (Å²) >= 11 is 0. The van der Waals surface area contributed by atoms with Crippen LogP contribution in [0.25, 0.3) is 22.3 Å². The molecule has 4 aromatic rings. The van der Waals surface area contributed by atoms with E-state index in [1.807, 2.05) is 68.4 Å². The molecule has 2 N–H and O–H groups in total. The number of aromatic nitrogens is 4. The number of fused-ring (bicyclic) bond motifs is 1. The van der Waals surface area contributed by atoms with Crippen molar-refractivity contribution in [2.24, 2.45) is 0 Å². The molecule has 160 valence electrons. The van der Waals surface area contributed by atoms with Gasteiger partial charge in [-0.3, -0.25) is 13.9 Å².